The third-order valence-electron chi connectivity index (χ3n) is 4.54. The first kappa shape index (κ1) is 15.8. The highest BCUT2D eigenvalue weighted by atomic mass is 32.2. The Morgan fingerprint density at radius 2 is 1.75 bits per heavy atom. The molecule has 2 aromatic carbocycles. The van der Waals surface area contributed by atoms with E-state index in [4.69, 9.17) is 4.74 Å². The molecule has 0 unspecified atom stereocenters. The van der Waals surface area contributed by atoms with Gasteiger partial charge in [0, 0.05) is 46.5 Å². The van der Waals surface area contributed by atoms with Crippen LogP contribution >= 0.6 is 11.8 Å². The van der Waals surface area contributed by atoms with E-state index in [9.17, 15) is 0 Å². The summed E-state index contributed by atoms with van der Waals surface area (Å²) >= 11 is 1.86. The van der Waals surface area contributed by atoms with E-state index in [1.165, 1.54) is 26.3 Å². The first-order valence-electron chi connectivity index (χ1n) is 8.52. The minimum Gasteiger partial charge on any atom is -0.379 e. The normalized spacial score (nSPS) is 15.8. The molecule has 24 heavy (non-hydrogen) atoms. The van der Waals surface area contributed by atoms with E-state index in [2.05, 4.69) is 64.6 Å². The van der Waals surface area contributed by atoms with Gasteiger partial charge >= 0.3 is 0 Å². The molecule has 124 valence electrons. The van der Waals surface area contributed by atoms with Gasteiger partial charge in [-0.05, 0) is 24.1 Å². The standard InChI is InChI=1S/C20H22N2OS/c1-4-8-19(16(5-1)9-10-22-11-13-23-14-12-22)24-20-15-21-18-7-3-2-6-17(18)20/h1-8,15,21H,9-14H2. The topological polar surface area (TPSA) is 28.3 Å². The van der Waals surface area contributed by atoms with Crippen LogP contribution < -0.4 is 0 Å². The van der Waals surface area contributed by atoms with Crippen molar-refractivity contribution in [3.63, 3.8) is 0 Å². The molecule has 0 saturated carbocycles. The van der Waals surface area contributed by atoms with Crippen molar-refractivity contribution in [2.24, 2.45) is 0 Å². The molecular weight excluding hydrogens is 316 g/mol. The van der Waals surface area contributed by atoms with Gasteiger partial charge in [-0.1, -0.05) is 48.2 Å². The van der Waals surface area contributed by atoms with Gasteiger partial charge in [-0.25, -0.2) is 0 Å². The number of rotatable bonds is 5. The summed E-state index contributed by atoms with van der Waals surface area (Å²) in [7, 11) is 0. The molecule has 0 aliphatic carbocycles. The molecule has 1 aliphatic heterocycles. The number of aromatic nitrogens is 1. The second kappa shape index (κ2) is 7.43. The van der Waals surface area contributed by atoms with Gasteiger partial charge in [0.25, 0.3) is 0 Å². The van der Waals surface area contributed by atoms with E-state index in [1.807, 2.05) is 11.8 Å². The zero-order valence-electron chi connectivity index (χ0n) is 13.7. The molecule has 3 nitrogen and oxygen atoms in total. The summed E-state index contributed by atoms with van der Waals surface area (Å²) in [5, 5.41) is 1.30. The predicted octanol–water partition coefficient (Wildman–Crippen LogP) is 4.19. The lowest BCUT2D eigenvalue weighted by Crippen LogP contribution is -2.37. The van der Waals surface area contributed by atoms with Gasteiger partial charge in [-0.2, -0.15) is 0 Å². The van der Waals surface area contributed by atoms with Crippen LogP contribution in [0.4, 0.5) is 0 Å². The average molecular weight is 338 g/mol. The summed E-state index contributed by atoms with van der Waals surface area (Å²) in [5.41, 5.74) is 2.63. The summed E-state index contributed by atoms with van der Waals surface area (Å²) in [4.78, 5) is 8.52. The maximum atomic E-state index is 5.44. The van der Waals surface area contributed by atoms with Crippen molar-refractivity contribution >= 4 is 22.7 Å². The van der Waals surface area contributed by atoms with E-state index in [-0.39, 0.29) is 0 Å². The summed E-state index contributed by atoms with van der Waals surface area (Å²) in [6, 6.07) is 17.3. The molecular formula is C20H22N2OS. The van der Waals surface area contributed by atoms with Crippen LogP contribution in [-0.4, -0.2) is 42.7 Å². The third-order valence-corrected chi connectivity index (χ3v) is 5.72. The molecule has 0 bridgehead atoms. The Morgan fingerprint density at radius 1 is 0.958 bits per heavy atom. The Balaban J connectivity index is 1.51. The molecule has 0 spiro atoms. The molecule has 4 rings (SSSR count). The lowest BCUT2D eigenvalue weighted by atomic mass is 10.1. The maximum Gasteiger partial charge on any atom is 0.0594 e. The molecule has 1 aliphatic rings. The van der Waals surface area contributed by atoms with Crippen molar-refractivity contribution < 1.29 is 4.74 Å². The first-order valence-corrected chi connectivity index (χ1v) is 9.34. The van der Waals surface area contributed by atoms with Crippen LogP contribution in [0.5, 0.6) is 0 Å². The SMILES string of the molecule is c1ccc(Sc2c[nH]c3ccccc23)c(CCN2CCOCC2)c1. The van der Waals surface area contributed by atoms with Crippen LogP contribution in [0.1, 0.15) is 5.56 Å². The minimum absolute atomic E-state index is 0.867. The number of hydrogen-bond donors (Lipinski definition) is 1. The highest BCUT2D eigenvalue weighted by Crippen LogP contribution is 2.35. The zero-order chi connectivity index (χ0) is 16.2. The summed E-state index contributed by atoms with van der Waals surface area (Å²) in [6.45, 7) is 4.95. The lowest BCUT2D eigenvalue weighted by Gasteiger charge is -2.26. The molecule has 1 aromatic heterocycles. The summed E-state index contributed by atoms with van der Waals surface area (Å²) in [5.74, 6) is 0. The molecule has 3 aromatic rings. The van der Waals surface area contributed by atoms with Crippen LogP contribution in [0.3, 0.4) is 0 Å². The molecule has 1 N–H and O–H groups in total. The highest BCUT2D eigenvalue weighted by Gasteiger charge is 2.12. The molecule has 2 heterocycles. The smallest absolute Gasteiger partial charge is 0.0594 e. The third kappa shape index (κ3) is 3.51. The lowest BCUT2D eigenvalue weighted by molar-refractivity contribution is 0.0384. The van der Waals surface area contributed by atoms with Crippen molar-refractivity contribution in [3.05, 3.63) is 60.3 Å². The van der Waals surface area contributed by atoms with Crippen LogP contribution in [0, 0.1) is 0 Å². The Kier molecular flexibility index (Phi) is 4.88. The number of para-hydroxylation sites is 1. The van der Waals surface area contributed by atoms with Crippen LogP contribution in [-0.2, 0) is 11.2 Å². The Labute approximate surface area is 147 Å². The largest absolute Gasteiger partial charge is 0.379 e. The van der Waals surface area contributed by atoms with Crippen LogP contribution in [0.2, 0.25) is 0 Å². The quantitative estimate of drug-likeness (QED) is 0.756. The van der Waals surface area contributed by atoms with Crippen molar-refractivity contribution in [3.8, 4) is 0 Å². The number of nitrogens with zero attached hydrogens (tertiary/aromatic N) is 1. The molecule has 4 heteroatoms. The van der Waals surface area contributed by atoms with E-state index in [1.54, 1.807) is 0 Å². The number of hydrogen-bond acceptors (Lipinski definition) is 3. The molecule has 1 saturated heterocycles. The van der Waals surface area contributed by atoms with Gasteiger partial charge < -0.3 is 9.72 Å². The number of nitrogens with one attached hydrogen (secondary N) is 1. The maximum absolute atomic E-state index is 5.44. The van der Waals surface area contributed by atoms with E-state index in [0.29, 0.717) is 0 Å². The second-order valence-corrected chi connectivity index (χ2v) is 7.20. The van der Waals surface area contributed by atoms with Gasteiger partial charge in [0.1, 0.15) is 0 Å². The Morgan fingerprint density at radius 3 is 2.67 bits per heavy atom. The zero-order valence-corrected chi connectivity index (χ0v) is 14.5. The number of fused-ring (bicyclic) bond motifs is 1. The fourth-order valence-electron chi connectivity index (χ4n) is 3.16. The van der Waals surface area contributed by atoms with Gasteiger partial charge in [-0.3, -0.25) is 4.90 Å². The molecule has 1 fully saturated rings. The van der Waals surface area contributed by atoms with Gasteiger partial charge in [0.2, 0.25) is 0 Å². The fraction of sp³-hybridized carbons (Fsp3) is 0.300. The monoisotopic (exact) mass is 338 g/mol. The van der Waals surface area contributed by atoms with Crippen molar-refractivity contribution in [2.45, 2.75) is 16.2 Å². The van der Waals surface area contributed by atoms with E-state index < -0.39 is 0 Å². The molecule has 0 atom stereocenters. The number of aromatic amines is 1. The fourth-order valence-corrected chi connectivity index (χ4v) is 4.25. The highest BCUT2D eigenvalue weighted by molar-refractivity contribution is 7.99. The number of ether oxygens (including phenoxy) is 1. The minimum atomic E-state index is 0.867. The van der Waals surface area contributed by atoms with Crippen LogP contribution in [0.25, 0.3) is 10.9 Å². The first-order chi connectivity index (χ1) is 11.9. The van der Waals surface area contributed by atoms with Gasteiger partial charge in [-0.15, -0.1) is 0 Å². The van der Waals surface area contributed by atoms with Gasteiger partial charge in [0.15, 0.2) is 0 Å². The van der Waals surface area contributed by atoms with Crippen molar-refractivity contribution in [1.29, 1.82) is 0 Å². The predicted molar refractivity (Wildman–Crippen MR) is 99.8 cm³/mol. The Bertz CT molecular complexity index is 808. The second-order valence-electron chi connectivity index (χ2n) is 6.11. The van der Waals surface area contributed by atoms with Crippen molar-refractivity contribution in [2.75, 3.05) is 32.8 Å². The van der Waals surface area contributed by atoms with Gasteiger partial charge in [0.05, 0.1) is 13.2 Å². The summed E-state index contributed by atoms with van der Waals surface area (Å²) < 4.78 is 5.44. The number of benzene rings is 2. The summed E-state index contributed by atoms with van der Waals surface area (Å²) in [6.07, 6.45) is 3.21. The number of morpholine rings is 1. The molecule has 0 radical (unpaired) electrons. The van der Waals surface area contributed by atoms with Crippen LogP contribution in [0.15, 0.2) is 64.5 Å². The van der Waals surface area contributed by atoms with E-state index >= 15 is 0 Å². The number of H-pyrrole nitrogens is 1. The Hall–Kier alpha value is -1.75. The average Bonchev–Trinajstić information content (AvgIpc) is 3.05. The van der Waals surface area contributed by atoms with Crippen molar-refractivity contribution in [1.82, 2.24) is 9.88 Å². The van der Waals surface area contributed by atoms with E-state index in [0.717, 1.165) is 39.3 Å². The molecule has 0 amide bonds.